The highest BCUT2D eigenvalue weighted by atomic mass is 16.5. The summed E-state index contributed by atoms with van der Waals surface area (Å²) in [5.41, 5.74) is 3.83. The Labute approximate surface area is 138 Å². The van der Waals surface area contributed by atoms with Crippen LogP contribution < -0.4 is 0 Å². The first-order chi connectivity index (χ1) is 11.4. The topological polar surface area (TPSA) is 25.4 Å². The van der Waals surface area contributed by atoms with Gasteiger partial charge in [0.25, 0.3) is 0 Å². The van der Waals surface area contributed by atoms with Crippen molar-refractivity contribution in [3.8, 4) is 11.1 Å². The number of aromatic nitrogens is 1. The van der Waals surface area contributed by atoms with Gasteiger partial charge in [-0.05, 0) is 54.0 Å². The lowest BCUT2D eigenvalue weighted by Gasteiger charge is -2.41. The molecule has 0 radical (unpaired) electrons. The van der Waals surface area contributed by atoms with Crippen molar-refractivity contribution in [1.29, 1.82) is 0 Å². The van der Waals surface area contributed by atoms with E-state index in [-0.39, 0.29) is 0 Å². The molecule has 3 heterocycles. The third kappa shape index (κ3) is 3.46. The molecule has 0 spiro atoms. The average molecular weight is 308 g/mol. The molecule has 2 atom stereocenters. The molecular formula is C20H24N2O. The molecule has 3 heteroatoms. The Bertz CT molecular complexity index is 643. The Morgan fingerprint density at radius 2 is 2.09 bits per heavy atom. The maximum Gasteiger partial charge on any atom is 0.0627 e. The first kappa shape index (κ1) is 14.9. The number of hydrogen-bond donors (Lipinski definition) is 0. The largest absolute Gasteiger partial charge is 0.378 e. The van der Waals surface area contributed by atoms with Gasteiger partial charge in [-0.1, -0.05) is 24.3 Å². The summed E-state index contributed by atoms with van der Waals surface area (Å²) in [7, 11) is 0. The second kappa shape index (κ2) is 6.81. The quantitative estimate of drug-likeness (QED) is 0.863. The predicted molar refractivity (Wildman–Crippen MR) is 92.0 cm³/mol. The molecule has 2 fully saturated rings. The molecule has 2 saturated heterocycles. The van der Waals surface area contributed by atoms with Crippen LogP contribution in [0.2, 0.25) is 0 Å². The molecule has 0 N–H and O–H groups in total. The van der Waals surface area contributed by atoms with Crippen LogP contribution >= 0.6 is 0 Å². The minimum atomic E-state index is 0.515. The molecule has 0 amide bonds. The van der Waals surface area contributed by atoms with Crippen molar-refractivity contribution in [2.24, 2.45) is 5.92 Å². The van der Waals surface area contributed by atoms with Crippen LogP contribution in [-0.2, 0) is 11.3 Å². The monoisotopic (exact) mass is 308 g/mol. The molecule has 2 aromatic rings. The van der Waals surface area contributed by atoms with Crippen molar-refractivity contribution in [3.63, 3.8) is 0 Å². The fourth-order valence-corrected chi connectivity index (χ4v) is 3.95. The van der Waals surface area contributed by atoms with E-state index in [2.05, 4.69) is 40.2 Å². The Morgan fingerprint density at radius 1 is 1.13 bits per heavy atom. The molecule has 2 aliphatic rings. The van der Waals surface area contributed by atoms with E-state index in [0.29, 0.717) is 6.10 Å². The molecule has 23 heavy (non-hydrogen) atoms. The number of rotatable bonds is 3. The van der Waals surface area contributed by atoms with Crippen molar-refractivity contribution in [2.75, 3.05) is 19.7 Å². The molecule has 3 nitrogen and oxygen atoms in total. The number of benzene rings is 1. The maximum atomic E-state index is 5.92. The van der Waals surface area contributed by atoms with E-state index in [0.717, 1.165) is 25.6 Å². The smallest absolute Gasteiger partial charge is 0.0627 e. The highest BCUT2D eigenvalue weighted by Gasteiger charge is 2.31. The Balaban J connectivity index is 1.45. The minimum Gasteiger partial charge on any atom is -0.378 e. The van der Waals surface area contributed by atoms with Crippen LogP contribution in [0.15, 0.2) is 48.8 Å². The van der Waals surface area contributed by atoms with Crippen LogP contribution in [0.4, 0.5) is 0 Å². The normalized spacial score (nSPS) is 25.0. The summed E-state index contributed by atoms with van der Waals surface area (Å²) in [6.07, 6.45) is 8.02. The van der Waals surface area contributed by atoms with Gasteiger partial charge in [-0.15, -0.1) is 0 Å². The minimum absolute atomic E-state index is 0.515. The molecule has 120 valence electrons. The molecule has 2 aliphatic heterocycles. The molecular weight excluding hydrogens is 284 g/mol. The third-order valence-electron chi connectivity index (χ3n) is 5.13. The summed E-state index contributed by atoms with van der Waals surface area (Å²) in [4.78, 5) is 6.82. The third-order valence-corrected chi connectivity index (χ3v) is 5.13. The summed E-state index contributed by atoms with van der Waals surface area (Å²) >= 11 is 0. The zero-order chi connectivity index (χ0) is 15.5. The summed E-state index contributed by atoms with van der Waals surface area (Å²) in [6.45, 7) is 4.34. The molecule has 2 unspecified atom stereocenters. The van der Waals surface area contributed by atoms with E-state index in [1.54, 1.807) is 0 Å². The standard InChI is InChI=1S/C20H24N2O/c1-4-16(12-17(5-1)18-6-2-9-21-13-18)14-22-10-8-20-19(15-22)7-3-11-23-20/h1-2,4-6,9,12-13,19-20H,3,7-8,10-11,14-15H2. The Kier molecular flexibility index (Phi) is 4.40. The second-order valence-corrected chi connectivity index (χ2v) is 6.78. The number of ether oxygens (including phenoxy) is 1. The van der Waals surface area contributed by atoms with Crippen molar-refractivity contribution in [2.45, 2.75) is 31.9 Å². The van der Waals surface area contributed by atoms with E-state index in [9.17, 15) is 0 Å². The number of likely N-dealkylation sites (tertiary alicyclic amines) is 1. The van der Waals surface area contributed by atoms with Crippen LogP contribution in [0.1, 0.15) is 24.8 Å². The van der Waals surface area contributed by atoms with Crippen molar-refractivity contribution < 1.29 is 4.74 Å². The zero-order valence-electron chi connectivity index (χ0n) is 13.5. The van der Waals surface area contributed by atoms with Gasteiger partial charge in [-0.3, -0.25) is 9.88 Å². The van der Waals surface area contributed by atoms with E-state index < -0.39 is 0 Å². The fraction of sp³-hybridized carbons (Fsp3) is 0.450. The van der Waals surface area contributed by atoms with Gasteiger partial charge in [0.2, 0.25) is 0 Å². The summed E-state index contributed by atoms with van der Waals surface area (Å²) in [6, 6.07) is 13.0. The van der Waals surface area contributed by atoms with Gasteiger partial charge in [-0.2, -0.15) is 0 Å². The molecule has 0 bridgehead atoms. The van der Waals surface area contributed by atoms with Gasteiger partial charge in [-0.25, -0.2) is 0 Å². The lowest BCUT2D eigenvalue weighted by Crippen LogP contribution is -2.45. The first-order valence-electron chi connectivity index (χ1n) is 8.72. The molecule has 1 aromatic carbocycles. The SMILES string of the molecule is c1cncc(-c2cccc(CN3CCC4OCCCC4C3)c2)c1. The molecule has 0 saturated carbocycles. The molecule has 0 aliphatic carbocycles. The fourth-order valence-electron chi connectivity index (χ4n) is 3.95. The zero-order valence-corrected chi connectivity index (χ0v) is 13.5. The number of pyridine rings is 1. The predicted octanol–water partition coefficient (Wildman–Crippen LogP) is 3.75. The van der Waals surface area contributed by atoms with Crippen LogP contribution in [0, 0.1) is 5.92 Å². The van der Waals surface area contributed by atoms with Crippen LogP contribution in [0.25, 0.3) is 11.1 Å². The lowest BCUT2D eigenvalue weighted by molar-refractivity contribution is -0.0676. The van der Waals surface area contributed by atoms with Crippen molar-refractivity contribution in [3.05, 3.63) is 54.4 Å². The van der Waals surface area contributed by atoms with E-state index >= 15 is 0 Å². The highest BCUT2D eigenvalue weighted by Crippen LogP contribution is 2.29. The second-order valence-electron chi connectivity index (χ2n) is 6.78. The van der Waals surface area contributed by atoms with Gasteiger partial charge in [0.05, 0.1) is 6.10 Å². The number of piperidine rings is 1. The Morgan fingerprint density at radius 3 is 3.00 bits per heavy atom. The van der Waals surface area contributed by atoms with Crippen molar-refractivity contribution in [1.82, 2.24) is 9.88 Å². The van der Waals surface area contributed by atoms with E-state index in [1.807, 2.05) is 18.5 Å². The number of fused-ring (bicyclic) bond motifs is 1. The highest BCUT2D eigenvalue weighted by molar-refractivity contribution is 5.62. The van der Waals surface area contributed by atoms with Crippen molar-refractivity contribution >= 4 is 0 Å². The average Bonchev–Trinajstić information content (AvgIpc) is 2.63. The van der Waals surface area contributed by atoms with Gasteiger partial charge >= 0.3 is 0 Å². The van der Waals surface area contributed by atoms with E-state index in [1.165, 1.54) is 42.5 Å². The van der Waals surface area contributed by atoms with Crippen LogP contribution in [0.3, 0.4) is 0 Å². The molecule has 4 rings (SSSR count). The van der Waals surface area contributed by atoms with Crippen LogP contribution in [0.5, 0.6) is 0 Å². The van der Waals surface area contributed by atoms with Gasteiger partial charge in [0, 0.05) is 38.6 Å². The summed E-state index contributed by atoms with van der Waals surface area (Å²) < 4.78 is 5.92. The number of nitrogens with zero attached hydrogens (tertiary/aromatic N) is 2. The lowest BCUT2D eigenvalue weighted by atomic mass is 9.88. The number of hydrogen-bond acceptors (Lipinski definition) is 3. The van der Waals surface area contributed by atoms with Gasteiger partial charge in [0.1, 0.15) is 0 Å². The summed E-state index contributed by atoms with van der Waals surface area (Å²) in [5.74, 6) is 0.735. The maximum absolute atomic E-state index is 5.92. The van der Waals surface area contributed by atoms with Gasteiger partial charge < -0.3 is 4.74 Å². The van der Waals surface area contributed by atoms with Gasteiger partial charge in [0.15, 0.2) is 0 Å². The summed E-state index contributed by atoms with van der Waals surface area (Å²) in [5, 5.41) is 0. The Hall–Kier alpha value is -1.71. The van der Waals surface area contributed by atoms with E-state index in [4.69, 9.17) is 4.74 Å². The van der Waals surface area contributed by atoms with Crippen LogP contribution in [-0.4, -0.2) is 35.7 Å². The first-order valence-corrected chi connectivity index (χ1v) is 8.72. The molecule has 1 aromatic heterocycles.